The van der Waals surface area contributed by atoms with Crippen LogP contribution >= 0.6 is 0 Å². The maximum Gasteiger partial charge on any atom is 0.255 e. The topological polar surface area (TPSA) is 123 Å². The van der Waals surface area contributed by atoms with Gasteiger partial charge in [-0.3, -0.25) is 9.59 Å². The summed E-state index contributed by atoms with van der Waals surface area (Å²) < 4.78 is 11.5. The highest BCUT2D eigenvalue weighted by Gasteiger charge is 2.30. The number of furan rings is 1. The molecule has 3 aromatic heterocycles. The molecule has 2 amide bonds. The number of amides is 2. The highest BCUT2D eigenvalue weighted by atomic mass is 16.5. The number of carbonyl (C=O) groups excluding carboxylic acids is 2. The maximum atomic E-state index is 13.3. The smallest absolute Gasteiger partial charge is 0.255 e. The van der Waals surface area contributed by atoms with E-state index in [1.807, 2.05) is 69.3 Å². The van der Waals surface area contributed by atoms with Crippen molar-refractivity contribution in [3.63, 3.8) is 0 Å². The van der Waals surface area contributed by atoms with Crippen LogP contribution in [-0.2, 0) is 12.0 Å². The molecule has 0 saturated heterocycles. The monoisotopic (exact) mass is 551 g/mol. The number of fused-ring (bicyclic) bond motifs is 1. The van der Waals surface area contributed by atoms with Crippen molar-refractivity contribution in [1.82, 2.24) is 25.8 Å². The molecule has 0 aliphatic heterocycles. The molecule has 5 rings (SSSR count). The molecule has 0 unspecified atom stereocenters. The van der Waals surface area contributed by atoms with Crippen molar-refractivity contribution in [2.24, 2.45) is 0 Å². The van der Waals surface area contributed by atoms with Crippen LogP contribution in [0.15, 0.2) is 63.5 Å². The summed E-state index contributed by atoms with van der Waals surface area (Å²) in [5, 5.41) is 10.2. The summed E-state index contributed by atoms with van der Waals surface area (Å²) in [5.74, 6) is 0.747. The number of hydrogen-bond donors (Lipinski definition) is 2. The highest BCUT2D eigenvalue weighted by Crippen LogP contribution is 2.37. The Morgan fingerprint density at radius 3 is 2.37 bits per heavy atom. The Morgan fingerprint density at radius 2 is 1.71 bits per heavy atom. The molecule has 2 aromatic carbocycles. The zero-order chi connectivity index (χ0) is 29.3. The fourth-order valence-corrected chi connectivity index (χ4v) is 4.78. The van der Waals surface area contributed by atoms with Crippen molar-refractivity contribution in [2.45, 2.75) is 53.0 Å². The number of rotatable bonds is 8. The highest BCUT2D eigenvalue weighted by molar-refractivity contribution is 6.11. The van der Waals surface area contributed by atoms with E-state index >= 15 is 0 Å². The largest absolute Gasteiger partial charge is 0.437 e. The molecular formula is C32H33N5O4. The lowest BCUT2D eigenvalue weighted by Gasteiger charge is -2.22. The Bertz CT molecular complexity index is 1750. The molecule has 0 atom stereocenters. The second-order valence-corrected chi connectivity index (χ2v) is 10.6. The van der Waals surface area contributed by atoms with Crippen molar-refractivity contribution in [2.75, 3.05) is 7.05 Å². The SMILES string of the molecule is CCCc1nc2oc(-c3ccc(C)cc3)c(C(=O)NC)c2cc1-c1cccc(C(=O)NC(C)(C)c2nc(C)no2)c1. The summed E-state index contributed by atoms with van der Waals surface area (Å²) in [4.78, 5) is 35.6. The van der Waals surface area contributed by atoms with E-state index in [2.05, 4.69) is 27.7 Å². The van der Waals surface area contributed by atoms with E-state index in [1.165, 1.54) is 0 Å². The molecule has 5 aromatic rings. The first-order valence-corrected chi connectivity index (χ1v) is 13.6. The molecule has 0 radical (unpaired) electrons. The molecule has 0 fully saturated rings. The van der Waals surface area contributed by atoms with Crippen molar-refractivity contribution in [3.05, 3.63) is 88.7 Å². The first kappa shape index (κ1) is 27.8. The summed E-state index contributed by atoms with van der Waals surface area (Å²) in [7, 11) is 1.60. The van der Waals surface area contributed by atoms with Crippen molar-refractivity contribution in [1.29, 1.82) is 0 Å². The maximum absolute atomic E-state index is 13.3. The summed E-state index contributed by atoms with van der Waals surface area (Å²) in [5.41, 5.74) is 4.80. The molecule has 9 heteroatoms. The average Bonchev–Trinajstić information content (AvgIpc) is 3.56. The van der Waals surface area contributed by atoms with Crippen LogP contribution in [0.4, 0.5) is 0 Å². The molecule has 0 aliphatic carbocycles. The van der Waals surface area contributed by atoms with Crippen LogP contribution in [0.3, 0.4) is 0 Å². The number of aromatic nitrogens is 3. The van der Waals surface area contributed by atoms with Gasteiger partial charge in [-0.2, -0.15) is 4.98 Å². The third-order valence-corrected chi connectivity index (χ3v) is 6.94. The van der Waals surface area contributed by atoms with Crippen LogP contribution in [0, 0.1) is 13.8 Å². The fraction of sp³-hybridized carbons (Fsp3) is 0.281. The van der Waals surface area contributed by atoms with Crippen LogP contribution in [-0.4, -0.2) is 34.0 Å². The van der Waals surface area contributed by atoms with Crippen molar-refractivity contribution >= 4 is 22.9 Å². The van der Waals surface area contributed by atoms with Gasteiger partial charge in [-0.05, 0) is 57.9 Å². The van der Waals surface area contributed by atoms with Gasteiger partial charge in [0.05, 0.1) is 16.6 Å². The molecule has 0 saturated carbocycles. The Morgan fingerprint density at radius 1 is 0.951 bits per heavy atom. The molecule has 0 spiro atoms. The van der Waals surface area contributed by atoms with E-state index in [0.29, 0.717) is 46.1 Å². The van der Waals surface area contributed by atoms with Crippen molar-refractivity contribution < 1.29 is 18.5 Å². The van der Waals surface area contributed by atoms with E-state index in [0.717, 1.165) is 34.4 Å². The molecule has 2 N–H and O–H groups in total. The number of nitrogens with zero attached hydrogens (tertiary/aromatic N) is 3. The van der Waals surface area contributed by atoms with Gasteiger partial charge in [0.1, 0.15) is 11.3 Å². The first-order valence-electron chi connectivity index (χ1n) is 13.6. The first-order chi connectivity index (χ1) is 19.6. The van der Waals surface area contributed by atoms with Gasteiger partial charge in [-0.25, -0.2) is 4.98 Å². The van der Waals surface area contributed by atoms with E-state index in [9.17, 15) is 9.59 Å². The van der Waals surface area contributed by atoms with Gasteiger partial charge in [-0.1, -0.05) is 60.5 Å². The van der Waals surface area contributed by atoms with E-state index in [4.69, 9.17) is 13.9 Å². The quantitative estimate of drug-likeness (QED) is 0.237. The predicted molar refractivity (Wildman–Crippen MR) is 157 cm³/mol. The molecule has 210 valence electrons. The Balaban J connectivity index is 1.60. The minimum Gasteiger partial charge on any atom is -0.437 e. The lowest BCUT2D eigenvalue weighted by Crippen LogP contribution is -2.41. The van der Waals surface area contributed by atoms with Gasteiger partial charge >= 0.3 is 0 Å². The molecule has 9 nitrogen and oxygen atoms in total. The van der Waals surface area contributed by atoms with Gasteiger partial charge < -0.3 is 19.6 Å². The average molecular weight is 552 g/mol. The summed E-state index contributed by atoms with van der Waals surface area (Å²) in [6.07, 6.45) is 1.55. The van der Waals surface area contributed by atoms with Gasteiger partial charge in [-0.15, -0.1) is 0 Å². The lowest BCUT2D eigenvalue weighted by molar-refractivity contribution is 0.0894. The van der Waals surface area contributed by atoms with E-state index in [-0.39, 0.29) is 11.8 Å². The Labute approximate surface area is 238 Å². The normalized spacial score (nSPS) is 11.6. The summed E-state index contributed by atoms with van der Waals surface area (Å²) in [6, 6.07) is 17.1. The molecular weight excluding hydrogens is 518 g/mol. The Kier molecular flexibility index (Phi) is 7.45. The van der Waals surface area contributed by atoms with E-state index in [1.54, 1.807) is 20.0 Å². The number of benzene rings is 2. The second kappa shape index (κ2) is 11.0. The summed E-state index contributed by atoms with van der Waals surface area (Å²) in [6.45, 7) is 9.44. The number of carbonyl (C=O) groups is 2. The molecule has 0 aliphatic rings. The van der Waals surface area contributed by atoms with Crippen molar-refractivity contribution in [3.8, 4) is 22.5 Å². The zero-order valence-corrected chi connectivity index (χ0v) is 24.1. The van der Waals surface area contributed by atoms with Crippen LogP contribution in [0.25, 0.3) is 33.6 Å². The van der Waals surface area contributed by atoms with Crippen LogP contribution < -0.4 is 10.6 Å². The number of pyridine rings is 1. The predicted octanol–water partition coefficient (Wildman–Crippen LogP) is 6.14. The molecule has 0 bridgehead atoms. The second-order valence-electron chi connectivity index (χ2n) is 10.6. The number of nitrogens with one attached hydrogen (secondary N) is 2. The van der Waals surface area contributed by atoms with Crippen LogP contribution in [0.2, 0.25) is 0 Å². The van der Waals surface area contributed by atoms with Gasteiger partial charge in [0, 0.05) is 23.7 Å². The number of hydrogen-bond acceptors (Lipinski definition) is 7. The van der Waals surface area contributed by atoms with Crippen LogP contribution in [0.5, 0.6) is 0 Å². The fourth-order valence-electron chi connectivity index (χ4n) is 4.78. The van der Waals surface area contributed by atoms with Crippen LogP contribution in [0.1, 0.15) is 70.9 Å². The van der Waals surface area contributed by atoms with Gasteiger partial charge in [0.25, 0.3) is 17.7 Å². The third-order valence-electron chi connectivity index (χ3n) is 6.94. The third kappa shape index (κ3) is 5.48. The summed E-state index contributed by atoms with van der Waals surface area (Å²) >= 11 is 0. The molecule has 3 heterocycles. The lowest BCUT2D eigenvalue weighted by atomic mass is 9.96. The van der Waals surface area contributed by atoms with E-state index < -0.39 is 5.54 Å². The number of aryl methyl sites for hydroxylation is 3. The molecule has 41 heavy (non-hydrogen) atoms. The van der Waals surface area contributed by atoms with Gasteiger partial charge in [0.15, 0.2) is 5.82 Å². The minimum absolute atomic E-state index is 0.262. The Hall–Kier alpha value is -4.79. The van der Waals surface area contributed by atoms with Gasteiger partial charge in [0.2, 0.25) is 5.71 Å². The minimum atomic E-state index is -0.867. The zero-order valence-electron chi connectivity index (χ0n) is 24.1. The standard InChI is InChI=1S/C32H33N5O4/c1-7-9-25-23(21-10-8-11-22(16-21)28(38)36-32(4,5)31-34-19(3)37-41-31)17-24-26(29(39)33-6)27(40-30(24)35-25)20-14-12-18(2)13-15-20/h8,10-17H,7,9H2,1-6H3,(H,33,39)(H,36,38).